The number of halogens is 7. The Morgan fingerprint density at radius 1 is 1.14 bits per heavy atom. The lowest BCUT2D eigenvalue weighted by Crippen LogP contribution is -2.15. The number of nitrogens with zero attached hydrogens (tertiary/aromatic N) is 4. The minimum atomic E-state index is -4.98. The Morgan fingerprint density at radius 2 is 1.81 bits per heavy atom. The molecule has 4 heterocycles. The first-order chi connectivity index (χ1) is 17.2. The zero-order chi connectivity index (χ0) is 27.3. The zero-order valence-corrected chi connectivity index (χ0v) is 20.1. The fourth-order valence-corrected chi connectivity index (χ4v) is 4.27. The number of hydrogen-bond donors (Lipinski definition) is 2. The summed E-state index contributed by atoms with van der Waals surface area (Å²) in [6, 6.07) is 0.478. The normalized spacial score (nSPS) is 18.1. The van der Waals surface area contributed by atoms with Crippen molar-refractivity contribution in [3.63, 3.8) is 0 Å². The summed E-state index contributed by atoms with van der Waals surface area (Å²) in [5.41, 5.74) is -0.670. The molecule has 0 radical (unpaired) electrons. The van der Waals surface area contributed by atoms with Crippen molar-refractivity contribution < 1.29 is 30.7 Å². The van der Waals surface area contributed by atoms with Crippen molar-refractivity contribution in [1.82, 2.24) is 25.1 Å². The highest BCUT2D eigenvalue weighted by atomic mass is 19.4. The van der Waals surface area contributed by atoms with Crippen LogP contribution in [0.2, 0.25) is 0 Å². The first kappa shape index (κ1) is 26.8. The van der Waals surface area contributed by atoms with Gasteiger partial charge >= 0.3 is 12.4 Å². The van der Waals surface area contributed by atoms with Gasteiger partial charge in [-0.25, -0.2) is 14.4 Å². The maximum absolute atomic E-state index is 15.5. The molecule has 5 rings (SSSR count). The minimum Gasteiger partial charge on any atom is -0.384 e. The van der Waals surface area contributed by atoms with Crippen LogP contribution < -0.4 is 11.1 Å². The largest absolute Gasteiger partial charge is 0.418 e. The van der Waals surface area contributed by atoms with E-state index in [1.807, 2.05) is 0 Å². The second-order valence-electron chi connectivity index (χ2n) is 9.33. The van der Waals surface area contributed by atoms with E-state index in [1.165, 1.54) is 24.2 Å². The number of allylic oxidation sites excluding steroid dienone is 1. The highest BCUT2D eigenvalue weighted by molar-refractivity contribution is 5.94. The molecule has 0 spiro atoms. The molecule has 0 amide bonds. The number of anilines is 1. The van der Waals surface area contributed by atoms with E-state index in [0.717, 1.165) is 25.1 Å². The van der Waals surface area contributed by atoms with Crippen LogP contribution in [-0.4, -0.2) is 39.0 Å². The van der Waals surface area contributed by atoms with Crippen LogP contribution in [-0.2, 0) is 6.18 Å². The number of rotatable bonds is 3. The van der Waals surface area contributed by atoms with Crippen molar-refractivity contribution in [1.29, 1.82) is 0 Å². The van der Waals surface area contributed by atoms with Crippen LogP contribution in [0.3, 0.4) is 0 Å². The third kappa shape index (κ3) is 5.41. The number of alkyl halides is 6. The molecule has 1 aliphatic carbocycles. The van der Waals surface area contributed by atoms with Gasteiger partial charge in [0.25, 0.3) is 0 Å². The molecule has 3 aromatic heterocycles. The van der Waals surface area contributed by atoms with Crippen molar-refractivity contribution in [3.05, 3.63) is 41.6 Å². The molecule has 0 bridgehead atoms. The van der Waals surface area contributed by atoms with Gasteiger partial charge in [0.05, 0.1) is 34.8 Å². The summed E-state index contributed by atoms with van der Waals surface area (Å²) < 4.78 is 98.1. The third-order valence-electron chi connectivity index (χ3n) is 6.28. The molecule has 3 N–H and O–H groups in total. The number of nitrogens with two attached hydrogens (primary N) is 1. The lowest BCUT2D eigenvalue weighted by Gasteiger charge is -2.18. The molecule has 1 saturated carbocycles. The van der Waals surface area contributed by atoms with Gasteiger partial charge in [0.2, 0.25) is 0 Å². The van der Waals surface area contributed by atoms with Crippen LogP contribution in [0.25, 0.3) is 27.7 Å². The van der Waals surface area contributed by atoms with Gasteiger partial charge in [-0.05, 0) is 51.3 Å². The molecule has 2 aliphatic rings. The summed E-state index contributed by atoms with van der Waals surface area (Å²) >= 11 is 0. The van der Waals surface area contributed by atoms with Gasteiger partial charge in [-0.15, -0.1) is 0 Å². The number of nitrogens with one attached hydrogen (secondary N) is 1. The average molecular weight is 530 g/mol. The number of nitrogen functional groups attached to an aromatic ring is 1. The van der Waals surface area contributed by atoms with Crippen LogP contribution >= 0.6 is 0 Å². The van der Waals surface area contributed by atoms with E-state index in [-0.39, 0.29) is 22.8 Å². The summed E-state index contributed by atoms with van der Waals surface area (Å²) in [7, 11) is 0. The molecule has 200 valence electrons. The summed E-state index contributed by atoms with van der Waals surface area (Å²) in [5.74, 6) is -0.660. The standard InChI is InChI=1S/C19H14F7N5.C5H11N/c1-7(18(21,22)23)15-11-6-28-31(9-3-4-9)17(11)14(20)16(30-15)10-5-12(27)29-8(2)13(10)19(24,25)26;1-5-2-3-6-4-5/h5-6,9H,1,3-4H2,2H3,(H2,27,29);5-6H,2-4H2,1H3. The zero-order valence-electron chi connectivity index (χ0n) is 20.1. The summed E-state index contributed by atoms with van der Waals surface area (Å²) in [6.07, 6.45) is -6.33. The van der Waals surface area contributed by atoms with Crippen LogP contribution in [0.15, 0.2) is 18.8 Å². The van der Waals surface area contributed by atoms with Crippen molar-refractivity contribution >= 4 is 22.3 Å². The fourth-order valence-electron chi connectivity index (χ4n) is 4.27. The smallest absolute Gasteiger partial charge is 0.384 e. The Hall–Kier alpha value is -3.22. The van der Waals surface area contributed by atoms with Gasteiger partial charge < -0.3 is 11.1 Å². The fraction of sp³-hybridized carbons (Fsp3) is 0.458. The molecular weight excluding hydrogens is 505 g/mol. The number of aromatic nitrogens is 4. The molecule has 0 aromatic carbocycles. The quantitative estimate of drug-likeness (QED) is 0.402. The molecular formula is C24H25F7N6. The van der Waals surface area contributed by atoms with E-state index < -0.39 is 52.0 Å². The molecule has 13 heteroatoms. The number of pyridine rings is 2. The van der Waals surface area contributed by atoms with E-state index >= 15 is 4.39 Å². The molecule has 3 aromatic rings. The summed E-state index contributed by atoms with van der Waals surface area (Å²) in [5, 5.41) is 6.94. The monoisotopic (exact) mass is 530 g/mol. The van der Waals surface area contributed by atoms with Crippen LogP contribution in [0.4, 0.5) is 36.6 Å². The Bertz CT molecular complexity index is 1330. The van der Waals surface area contributed by atoms with Crippen molar-refractivity contribution in [3.8, 4) is 11.3 Å². The second kappa shape index (κ2) is 9.58. The van der Waals surface area contributed by atoms with Crippen LogP contribution in [0.1, 0.15) is 49.2 Å². The molecule has 2 fully saturated rings. The predicted octanol–water partition coefficient (Wildman–Crippen LogP) is 6.07. The van der Waals surface area contributed by atoms with E-state index in [4.69, 9.17) is 5.73 Å². The Morgan fingerprint density at radius 3 is 2.30 bits per heavy atom. The van der Waals surface area contributed by atoms with E-state index in [0.29, 0.717) is 12.8 Å². The Balaban J connectivity index is 0.000000469. The van der Waals surface area contributed by atoms with Crippen LogP contribution in [0, 0.1) is 18.7 Å². The molecule has 1 saturated heterocycles. The average Bonchev–Trinajstić information content (AvgIpc) is 3.33. The third-order valence-corrected chi connectivity index (χ3v) is 6.28. The summed E-state index contributed by atoms with van der Waals surface area (Å²) in [6.45, 7) is 8.75. The molecule has 37 heavy (non-hydrogen) atoms. The topological polar surface area (TPSA) is 81.7 Å². The van der Waals surface area contributed by atoms with Gasteiger partial charge in [0.1, 0.15) is 17.0 Å². The van der Waals surface area contributed by atoms with Crippen LogP contribution in [0.5, 0.6) is 0 Å². The Labute approximate surface area is 207 Å². The van der Waals surface area contributed by atoms with Crippen molar-refractivity contribution in [2.24, 2.45) is 5.92 Å². The van der Waals surface area contributed by atoms with Gasteiger partial charge in [0.15, 0.2) is 5.82 Å². The lowest BCUT2D eigenvalue weighted by atomic mass is 9.99. The lowest BCUT2D eigenvalue weighted by molar-refractivity contribution is -0.137. The van der Waals surface area contributed by atoms with Gasteiger partial charge in [-0.2, -0.15) is 31.4 Å². The van der Waals surface area contributed by atoms with Crippen molar-refractivity contribution in [2.45, 2.75) is 51.5 Å². The molecule has 1 atom stereocenters. The predicted molar refractivity (Wildman–Crippen MR) is 125 cm³/mol. The Kier molecular flexibility index (Phi) is 6.95. The first-order valence-corrected chi connectivity index (χ1v) is 11.6. The molecule has 1 unspecified atom stereocenters. The highest BCUT2D eigenvalue weighted by Gasteiger charge is 2.40. The summed E-state index contributed by atoms with van der Waals surface area (Å²) in [4.78, 5) is 7.21. The number of hydrogen-bond acceptors (Lipinski definition) is 5. The number of fused-ring (bicyclic) bond motifs is 1. The van der Waals surface area contributed by atoms with Gasteiger partial charge in [0, 0.05) is 10.9 Å². The van der Waals surface area contributed by atoms with E-state index in [2.05, 4.69) is 33.9 Å². The number of aryl methyl sites for hydroxylation is 1. The van der Waals surface area contributed by atoms with E-state index in [9.17, 15) is 26.3 Å². The van der Waals surface area contributed by atoms with Gasteiger partial charge in [-0.3, -0.25) is 4.68 Å². The highest BCUT2D eigenvalue weighted by Crippen LogP contribution is 2.45. The molecule has 6 nitrogen and oxygen atoms in total. The maximum Gasteiger partial charge on any atom is 0.418 e. The van der Waals surface area contributed by atoms with Crippen molar-refractivity contribution in [2.75, 3.05) is 18.8 Å². The second-order valence-corrected chi connectivity index (χ2v) is 9.33. The SMILES string of the molecule is C=C(c1nc(-c2cc(N)nc(C)c2C(F)(F)F)c(F)c2c1cnn2C1CC1)C(F)(F)F.CC1CCNC1. The van der Waals surface area contributed by atoms with Gasteiger partial charge in [-0.1, -0.05) is 13.5 Å². The maximum atomic E-state index is 15.5. The minimum absolute atomic E-state index is 0.263. The first-order valence-electron chi connectivity index (χ1n) is 11.6. The van der Waals surface area contributed by atoms with E-state index in [1.54, 1.807) is 0 Å². The molecule has 1 aliphatic heterocycles.